The Morgan fingerprint density at radius 3 is 0.905 bits per heavy atom. The molecule has 6 saturated heterocycles. The molecule has 0 unspecified atom stereocenters. The smallest absolute Gasteiger partial charge is 0.397 e. The maximum atomic E-state index is 13.2. The van der Waals surface area contributed by atoms with Crippen LogP contribution in [0.3, 0.4) is 0 Å². The Morgan fingerprint density at radius 2 is 0.610 bits per heavy atom. The Kier molecular flexibility index (Phi) is 29.5. The molecular formula is C36H59N3O57S9. The number of nitrogens with one attached hydrogen (secondary N) is 3. The largest absolute Gasteiger partial charge is 0.479 e. The number of carbonyl (C=O) groups is 3. The number of hydrogen-bond donors (Lipinski definition) is 22. The summed E-state index contributed by atoms with van der Waals surface area (Å²) >= 11 is 0. The van der Waals surface area contributed by atoms with E-state index in [-0.39, 0.29) is 0 Å². The van der Waals surface area contributed by atoms with E-state index >= 15 is 0 Å². The summed E-state index contributed by atoms with van der Waals surface area (Å²) in [5, 5.41) is 110. The lowest BCUT2D eigenvalue weighted by molar-refractivity contribution is -0.374. The molecule has 0 aromatic carbocycles. The van der Waals surface area contributed by atoms with Gasteiger partial charge in [0.05, 0.1) is 25.9 Å². The van der Waals surface area contributed by atoms with Crippen molar-refractivity contribution >= 4 is 111 Å². The zero-order valence-electron chi connectivity index (χ0n) is 50.3. The zero-order valence-corrected chi connectivity index (χ0v) is 57.6. The van der Waals surface area contributed by atoms with Crippen LogP contribution in [0.2, 0.25) is 0 Å². The van der Waals surface area contributed by atoms with Crippen LogP contribution >= 0.6 is 0 Å². The fraction of sp³-hybridized carbons (Fsp3) is 0.917. The van der Waals surface area contributed by atoms with E-state index < -0.39 is 315 Å². The van der Waals surface area contributed by atoms with Crippen molar-refractivity contribution in [2.45, 2.75) is 184 Å². The molecule has 22 N–H and O–H groups in total. The van der Waals surface area contributed by atoms with Crippen LogP contribution in [-0.4, -0.2) is 383 Å². The minimum Gasteiger partial charge on any atom is -0.479 e. The van der Waals surface area contributed by atoms with Crippen LogP contribution in [0, 0.1) is 0 Å². The van der Waals surface area contributed by atoms with Gasteiger partial charge in [0.25, 0.3) is 0 Å². The molecule has 0 saturated carbocycles. The number of rotatable bonds is 34. The minimum absolute atomic E-state index is 1.12. The third kappa shape index (κ3) is 26.3. The number of carboxylic acids is 3. The molecule has 0 bridgehead atoms. The van der Waals surface area contributed by atoms with Crippen molar-refractivity contribution in [3.8, 4) is 0 Å². The number of aliphatic hydroxyl groups excluding tert-OH is 7. The SMILES string of the molecule is O=C(O)[C@H]1C[C@H](O)[C@@H](OS(=O)(=O)O)[C@H](O[C@H]2[C@H](O)[C@@H](NS(=O)(=O)O)[C@@H](O[C@H]3[C@H](O)[C@@H](OS(=O)(=O)O)[C@H](O[C@H]4[C@H](O)[C@@H](NS(=O)(=O)O)[C@@H](O[C@H]5[C@H](O)[C@@H](OS(=O)(=O)O)[C@H](O[C@H]6[C@H](O)[C@@H](NS(=O)(=O)O)[C@@H](O)O[C@@H]6COS(=O)(=O)O)O[C@H]5C(=O)O)O[C@@H]4COS(=O)(=O)O)O[C@H]3C(=O)O)O[C@@H]2COS(=O)(=O)O)O1. The van der Waals surface area contributed by atoms with E-state index in [0.29, 0.717) is 0 Å². The van der Waals surface area contributed by atoms with E-state index in [0.717, 1.165) is 4.72 Å². The first-order valence-corrected chi connectivity index (χ1v) is 39.7. The molecule has 105 heavy (non-hydrogen) atoms. The Labute approximate surface area is 586 Å². The molecule has 0 aliphatic carbocycles. The van der Waals surface area contributed by atoms with Crippen LogP contribution in [0.4, 0.5) is 0 Å². The average Bonchev–Trinajstić information content (AvgIpc) is 0.763. The fourth-order valence-electron chi connectivity index (χ4n) is 10.4. The molecule has 0 aromatic heterocycles. The third-order valence-electron chi connectivity index (χ3n) is 14.4. The molecule has 60 nitrogen and oxygen atoms in total. The summed E-state index contributed by atoms with van der Waals surface area (Å²) < 4.78 is 391. The summed E-state index contributed by atoms with van der Waals surface area (Å²) in [6.07, 6.45) is -79.0. The van der Waals surface area contributed by atoms with Gasteiger partial charge < -0.3 is 103 Å². The Morgan fingerprint density at radius 1 is 0.324 bits per heavy atom. The molecule has 0 amide bonds. The van der Waals surface area contributed by atoms with Crippen LogP contribution in [0.15, 0.2) is 0 Å². The average molecular weight is 1730 g/mol. The monoisotopic (exact) mass is 1730 g/mol. The van der Waals surface area contributed by atoms with Crippen molar-refractivity contribution in [3.63, 3.8) is 0 Å². The van der Waals surface area contributed by atoms with Crippen LogP contribution in [0.5, 0.6) is 0 Å². The lowest BCUT2D eigenvalue weighted by atomic mass is 9.94. The summed E-state index contributed by atoms with van der Waals surface area (Å²) in [6, 6.07) is -8.75. The third-order valence-corrected chi connectivity index (χ3v) is 18.8. The fourth-order valence-corrected chi connectivity index (χ4v) is 14.6. The Balaban J connectivity index is 1.41. The molecule has 29 atom stereocenters. The van der Waals surface area contributed by atoms with Crippen molar-refractivity contribution in [2.24, 2.45) is 0 Å². The van der Waals surface area contributed by atoms with Gasteiger partial charge in [0.15, 0.2) is 74.4 Å². The second kappa shape index (κ2) is 34.2. The first-order chi connectivity index (χ1) is 47.5. The molecule has 614 valence electrons. The zero-order chi connectivity index (χ0) is 79.9. The Hall–Kier alpha value is -3.48. The van der Waals surface area contributed by atoms with Gasteiger partial charge in [0.1, 0.15) is 97.5 Å². The highest BCUT2D eigenvalue weighted by Crippen LogP contribution is 2.40. The van der Waals surface area contributed by atoms with Gasteiger partial charge in [-0.15, -0.1) is 0 Å². The van der Waals surface area contributed by atoms with E-state index in [1.54, 1.807) is 0 Å². The normalized spacial score (nSPS) is 38.9. The van der Waals surface area contributed by atoms with Gasteiger partial charge in [-0.1, -0.05) is 0 Å². The summed E-state index contributed by atoms with van der Waals surface area (Å²) in [6.45, 7) is -5.53. The second-order valence-corrected chi connectivity index (χ2v) is 31.7. The standard InChI is InChI=1S/C36H59N3O57S9/c40-5-1-6(28(46)47)84-34(18(5)94-103(71,72)73)87-20-8(3-81-101(65,66)67)85-32(11(14(20)42)38-98(56,57)58)90-23-17(45)25(96-105(77,78)79)36(93-27(23)30(50)51)89-21-9(4-82-102(68,69)70)86-33(12(15(21)43)39-99(59,60)61)91-22-16(44)24(95-104(74,75)76)35(92-26(22)29(48)49)88-19-7(2-80-100(62,63)64)83-31(52)10(13(19)41)37-97(53,54)55/h5-27,31-45,52H,1-4H2,(H,46,47)(H,48,49)(H,50,51)(H,53,54,55)(H,56,57,58)(H,59,60,61)(H,62,63,64)(H,65,66,67)(H,68,69,70)(H,71,72,73)(H,74,75,76)(H,77,78,79)/t5-,6+,7+,8+,9+,10+,11+,12+,13+,14+,15+,16-,17-,18+,19+,20+,21+,22-,23-,24+,25+,26+,27+,31-,32+,33+,34-,35+,36+/m0/s1. The van der Waals surface area contributed by atoms with E-state index in [2.05, 4.69) is 25.1 Å². The molecule has 6 fully saturated rings. The summed E-state index contributed by atoms with van der Waals surface area (Å²) in [4.78, 5) is 38.1. The van der Waals surface area contributed by atoms with E-state index in [4.69, 9.17) is 52.1 Å². The van der Waals surface area contributed by atoms with Crippen molar-refractivity contribution in [1.29, 1.82) is 0 Å². The topological polar surface area (TPSA) is 936 Å². The van der Waals surface area contributed by atoms with E-state index in [1.165, 1.54) is 9.44 Å². The van der Waals surface area contributed by atoms with E-state index in [1.807, 2.05) is 0 Å². The first-order valence-electron chi connectivity index (χ1n) is 27.2. The van der Waals surface area contributed by atoms with Crippen molar-refractivity contribution in [1.82, 2.24) is 14.2 Å². The lowest BCUT2D eigenvalue weighted by Crippen LogP contribution is -2.71. The van der Waals surface area contributed by atoms with Crippen molar-refractivity contribution < 1.29 is 259 Å². The number of aliphatic carboxylic acids is 3. The number of carboxylic acid groups (broad SMARTS) is 3. The van der Waals surface area contributed by atoms with Crippen LogP contribution in [0.25, 0.3) is 0 Å². The summed E-state index contributed by atoms with van der Waals surface area (Å²) in [5.41, 5.74) is 0. The van der Waals surface area contributed by atoms with Gasteiger partial charge in [0, 0.05) is 6.42 Å². The van der Waals surface area contributed by atoms with Crippen molar-refractivity contribution in [2.75, 3.05) is 19.8 Å². The molecule has 6 rings (SSSR count). The van der Waals surface area contributed by atoms with Gasteiger partial charge >= 0.3 is 111 Å². The molecule has 6 aliphatic rings. The number of ether oxygens (including phenoxy) is 11. The maximum absolute atomic E-state index is 13.2. The number of hydrogen-bond acceptors (Lipinski definition) is 45. The Bertz CT molecular complexity index is 4150. The highest BCUT2D eigenvalue weighted by atomic mass is 32.3. The maximum Gasteiger partial charge on any atom is 0.397 e. The molecule has 6 heterocycles. The predicted octanol–water partition coefficient (Wildman–Crippen LogP) is -15.6. The predicted molar refractivity (Wildman–Crippen MR) is 299 cm³/mol. The quantitative estimate of drug-likeness (QED) is 0.0266. The molecule has 6 aliphatic heterocycles. The second-order valence-electron chi connectivity index (χ2n) is 21.7. The first kappa shape index (κ1) is 90.4. The minimum atomic E-state index is -6.33. The molecular weight excluding hydrogens is 1670 g/mol. The summed E-state index contributed by atoms with van der Waals surface area (Å²) in [7, 11) is -53.3. The van der Waals surface area contributed by atoms with Gasteiger partial charge in [-0.2, -0.15) is 89.9 Å². The van der Waals surface area contributed by atoms with Crippen LogP contribution in [-0.2, 0) is 185 Å². The van der Waals surface area contributed by atoms with Gasteiger partial charge in [-0.25, -0.2) is 39.5 Å². The van der Waals surface area contributed by atoms with Gasteiger partial charge in [0.2, 0.25) is 0 Å². The molecule has 0 spiro atoms. The molecule has 0 radical (unpaired) electrons. The lowest BCUT2D eigenvalue weighted by Gasteiger charge is -2.50. The van der Waals surface area contributed by atoms with Gasteiger partial charge in [-0.3, -0.25) is 41.0 Å². The van der Waals surface area contributed by atoms with Gasteiger partial charge in [-0.05, 0) is 0 Å². The molecule has 0 aromatic rings. The number of aliphatic hydroxyl groups is 7. The molecule has 69 heteroatoms. The highest BCUT2D eigenvalue weighted by Gasteiger charge is 2.62. The van der Waals surface area contributed by atoms with Crippen molar-refractivity contribution in [3.05, 3.63) is 0 Å². The summed E-state index contributed by atoms with van der Waals surface area (Å²) in [5.74, 6) is -7.11. The van der Waals surface area contributed by atoms with Crippen LogP contribution in [0.1, 0.15) is 6.42 Å². The van der Waals surface area contributed by atoms with E-state index in [9.17, 15) is 182 Å². The highest BCUT2D eigenvalue weighted by molar-refractivity contribution is 7.84. The van der Waals surface area contributed by atoms with Crippen LogP contribution < -0.4 is 14.2 Å².